The van der Waals surface area contributed by atoms with E-state index in [1.807, 2.05) is 0 Å². The Morgan fingerprint density at radius 1 is 1.33 bits per heavy atom. The first-order valence-corrected chi connectivity index (χ1v) is 7.91. The van der Waals surface area contributed by atoms with Crippen LogP contribution in [0.5, 0.6) is 0 Å². The molecule has 0 fully saturated rings. The van der Waals surface area contributed by atoms with E-state index in [-0.39, 0.29) is 11.4 Å². The minimum absolute atomic E-state index is 0.194. The monoisotopic (exact) mass is 325 g/mol. The molecule has 0 aliphatic rings. The molecule has 0 unspecified atom stereocenters. The lowest BCUT2D eigenvalue weighted by Gasteiger charge is -2.23. The number of hydrogen-bond acceptors (Lipinski definition) is 4. The summed E-state index contributed by atoms with van der Waals surface area (Å²) in [5, 5.41) is 2.82. The molecule has 9 heteroatoms. The van der Waals surface area contributed by atoms with E-state index in [0.29, 0.717) is 23.1 Å². The quantitative estimate of drug-likeness (QED) is 0.836. The van der Waals surface area contributed by atoms with Crippen LogP contribution in [0.2, 0.25) is 0 Å². The summed E-state index contributed by atoms with van der Waals surface area (Å²) in [5.74, 6) is 0.307. The van der Waals surface area contributed by atoms with E-state index in [0.717, 1.165) is 0 Å². The van der Waals surface area contributed by atoms with E-state index in [9.17, 15) is 21.6 Å². The number of pyridine rings is 1. The minimum Gasteiger partial charge on any atom is -0.370 e. The summed E-state index contributed by atoms with van der Waals surface area (Å²) in [7, 11) is -4.20. The van der Waals surface area contributed by atoms with E-state index in [2.05, 4.69) is 10.3 Å². The van der Waals surface area contributed by atoms with Gasteiger partial charge in [0.15, 0.2) is 0 Å². The van der Waals surface area contributed by atoms with Crippen molar-refractivity contribution in [1.29, 1.82) is 0 Å². The van der Waals surface area contributed by atoms with Crippen LogP contribution in [0.15, 0.2) is 23.2 Å². The molecule has 0 aliphatic carbocycles. The van der Waals surface area contributed by atoms with Gasteiger partial charge in [0.1, 0.15) is 12.4 Å². The zero-order chi connectivity index (χ0) is 16.1. The highest BCUT2D eigenvalue weighted by molar-refractivity contribution is 7.89. The van der Waals surface area contributed by atoms with Gasteiger partial charge in [-0.05, 0) is 19.4 Å². The number of alkyl halides is 3. The molecule has 0 bridgehead atoms. The van der Waals surface area contributed by atoms with Crippen LogP contribution < -0.4 is 5.32 Å². The first kappa shape index (κ1) is 17.7. The SMILES string of the molecule is CCCN(CC(F)(F)F)S(=O)(=O)c1ccnc(NCC)c1. The molecule has 0 aromatic carbocycles. The van der Waals surface area contributed by atoms with E-state index < -0.39 is 22.7 Å². The minimum atomic E-state index is -4.58. The Bertz CT molecular complexity index is 561. The molecule has 1 rings (SSSR count). The first-order chi connectivity index (χ1) is 9.70. The second kappa shape index (κ2) is 7.08. The number of rotatable bonds is 7. The van der Waals surface area contributed by atoms with Gasteiger partial charge in [-0.1, -0.05) is 6.92 Å². The average molecular weight is 325 g/mol. The summed E-state index contributed by atoms with van der Waals surface area (Å²) in [5.41, 5.74) is 0. The van der Waals surface area contributed by atoms with Crippen LogP contribution in [0.25, 0.3) is 0 Å². The van der Waals surface area contributed by atoms with Crippen LogP contribution in [0.1, 0.15) is 20.3 Å². The van der Waals surface area contributed by atoms with Crippen molar-refractivity contribution in [2.24, 2.45) is 0 Å². The van der Waals surface area contributed by atoms with Gasteiger partial charge in [0, 0.05) is 25.4 Å². The van der Waals surface area contributed by atoms with E-state index in [1.165, 1.54) is 18.3 Å². The molecule has 1 aromatic rings. The molecule has 0 radical (unpaired) electrons. The van der Waals surface area contributed by atoms with Crippen molar-refractivity contribution in [1.82, 2.24) is 9.29 Å². The van der Waals surface area contributed by atoms with Gasteiger partial charge in [0.05, 0.1) is 4.90 Å². The second-order valence-corrected chi connectivity index (χ2v) is 6.30. The molecule has 0 spiro atoms. The van der Waals surface area contributed by atoms with Crippen molar-refractivity contribution in [2.75, 3.05) is 25.0 Å². The van der Waals surface area contributed by atoms with Crippen LogP contribution in [0.4, 0.5) is 19.0 Å². The number of aromatic nitrogens is 1. The Kier molecular flexibility index (Phi) is 5.97. The molecule has 0 saturated heterocycles. The van der Waals surface area contributed by atoms with E-state index >= 15 is 0 Å². The average Bonchev–Trinajstić information content (AvgIpc) is 2.37. The molecule has 21 heavy (non-hydrogen) atoms. The number of hydrogen-bond donors (Lipinski definition) is 1. The number of nitrogens with one attached hydrogen (secondary N) is 1. The van der Waals surface area contributed by atoms with Crippen LogP contribution in [-0.4, -0.2) is 43.5 Å². The molecule has 0 saturated carbocycles. The summed E-state index contributed by atoms with van der Waals surface area (Å²) in [4.78, 5) is 3.70. The van der Waals surface area contributed by atoms with Crippen molar-refractivity contribution in [3.8, 4) is 0 Å². The largest absolute Gasteiger partial charge is 0.402 e. The predicted molar refractivity (Wildman–Crippen MR) is 73.5 cm³/mol. The first-order valence-electron chi connectivity index (χ1n) is 6.47. The topological polar surface area (TPSA) is 62.3 Å². The summed E-state index contributed by atoms with van der Waals surface area (Å²) >= 11 is 0. The zero-order valence-corrected chi connectivity index (χ0v) is 12.6. The summed E-state index contributed by atoms with van der Waals surface area (Å²) in [6, 6.07) is 2.42. The Hall–Kier alpha value is -1.35. The maximum absolute atomic E-state index is 12.5. The summed E-state index contributed by atoms with van der Waals surface area (Å²) < 4.78 is 62.7. The molecular formula is C12H18F3N3O2S. The van der Waals surface area contributed by atoms with Gasteiger partial charge in [0.25, 0.3) is 0 Å². The Morgan fingerprint density at radius 2 is 2.00 bits per heavy atom. The van der Waals surface area contributed by atoms with Gasteiger partial charge in [-0.2, -0.15) is 17.5 Å². The lowest BCUT2D eigenvalue weighted by molar-refractivity contribution is -0.136. The molecule has 1 aromatic heterocycles. The smallest absolute Gasteiger partial charge is 0.370 e. The molecule has 1 N–H and O–H groups in total. The van der Waals surface area contributed by atoms with Crippen LogP contribution >= 0.6 is 0 Å². The number of nitrogens with zero attached hydrogens (tertiary/aromatic N) is 2. The fraction of sp³-hybridized carbons (Fsp3) is 0.583. The van der Waals surface area contributed by atoms with Crippen LogP contribution in [-0.2, 0) is 10.0 Å². The standard InChI is InChI=1S/C12H18F3N3O2S/c1-3-7-18(9-12(13,14)15)21(19,20)10-5-6-17-11(8-10)16-4-2/h5-6,8H,3-4,7,9H2,1-2H3,(H,16,17). The Morgan fingerprint density at radius 3 is 2.52 bits per heavy atom. The van der Waals surface area contributed by atoms with Gasteiger partial charge in [-0.15, -0.1) is 0 Å². The maximum atomic E-state index is 12.5. The van der Waals surface area contributed by atoms with Crippen molar-refractivity contribution in [3.63, 3.8) is 0 Å². The van der Waals surface area contributed by atoms with E-state index in [4.69, 9.17) is 0 Å². The number of sulfonamides is 1. The molecule has 120 valence electrons. The molecule has 0 amide bonds. The lowest BCUT2D eigenvalue weighted by Crippen LogP contribution is -2.39. The molecular weight excluding hydrogens is 307 g/mol. The zero-order valence-electron chi connectivity index (χ0n) is 11.8. The third kappa shape index (κ3) is 5.16. The highest BCUT2D eigenvalue weighted by atomic mass is 32.2. The third-order valence-electron chi connectivity index (χ3n) is 2.56. The fourth-order valence-corrected chi connectivity index (χ4v) is 3.26. The van der Waals surface area contributed by atoms with Crippen molar-refractivity contribution in [2.45, 2.75) is 31.3 Å². The summed E-state index contributed by atoms with van der Waals surface area (Å²) in [6.45, 7) is 2.26. The van der Waals surface area contributed by atoms with Gasteiger partial charge < -0.3 is 5.32 Å². The second-order valence-electron chi connectivity index (χ2n) is 4.36. The summed E-state index contributed by atoms with van der Waals surface area (Å²) in [6.07, 6.45) is -3.04. The molecule has 0 aliphatic heterocycles. The van der Waals surface area contributed by atoms with Crippen molar-refractivity contribution in [3.05, 3.63) is 18.3 Å². The van der Waals surface area contributed by atoms with Crippen LogP contribution in [0, 0.1) is 0 Å². The van der Waals surface area contributed by atoms with Gasteiger partial charge in [-0.3, -0.25) is 0 Å². The predicted octanol–water partition coefficient (Wildman–Crippen LogP) is 2.48. The number of anilines is 1. The third-order valence-corrected chi connectivity index (χ3v) is 4.40. The van der Waals surface area contributed by atoms with Gasteiger partial charge in [0.2, 0.25) is 10.0 Å². The highest BCUT2D eigenvalue weighted by Crippen LogP contribution is 2.23. The molecule has 0 atom stereocenters. The van der Waals surface area contributed by atoms with Crippen LogP contribution in [0.3, 0.4) is 0 Å². The van der Waals surface area contributed by atoms with Gasteiger partial charge >= 0.3 is 6.18 Å². The van der Waals surface area contributed by atoms with Crippen molar-refractivity contribution < 1.29 is 21.6 Å². The molecule has 5 nitrogen and oxygen atoms in total. The lowest BCUT2D eigenvalue weighted by atomic mass is 10.4. The fourth-order valence-electron chi connectivity index (χ4n) is 1.73. The van der Waals surface area contributed by atoms with E-state index in [1.54, 1.807) is 13.8 Å². The number of halogens is 3. The maximum Gasteiger partial charge on any atom is 0.402 e. The Labute approximate surface area is 122 Å². The Balaban J connectivity index is 3.13. The highest BCUT2D eigenvalue weighted by Gasteiger charge is 2.36. The van der Waals surface area contributed by atoms with Gasteiger partial charge in [-0.25, -0.2) is 13.4 Å². The normalized spacial score (nSPS) is 12.7. The molecule has 1 heterocycles. The van der Waals surface area contributed by atoms with Crippen molar-refractivity contribution >= 4 is 15.8 Å².